The first-order valence-corrected chi connectivity index (χ1v) is 11.5. The van der Waals surface area contributed by atoms with Gasteiger partial charge in [-0.2, -0.15) is 0 Å². The number of halogens is 1. The number of thiocarbonyl (C=S) groups is 1. The Morgan fingerprint density at radius 1 is 1.12 bits per heavy atom. The van der Waals surface area contributed by atoms with E-state index in [0.717, 1.165) is 28.6 Å². The molecule has 0 fully saturated rings. The zero-order valence-electron chi connectivity index (χ0n) is 18.6. The number of benzene rings is 3. The molecule has 0 aliphatic heterocycles. The molecular formula is C26H24ClN3O2S. The van der Waals surface area contributed by atoms with E-state index >= 15 is 0 Å². The fourth-order valence-corrected chi connectivity index (χ4v) is 3.77. The van der Waals surface area contributed by atoms with Crippen molar-refractivity contribution in [3.05, 3.63) is 82.4 Å². The number of hydrogen-bond acceptors (Lipinski definition) is 4. The summed E-state index contributed by atoms with van der Waals surface area (Å²) in [6, 6.07) is 18.7. The Morgan fingerprint density at radius 2 is 1.88 bits per heavy atom. The third kappa shape index (κ3) is 5.24. The largest absolute Gasteiger partial charge is 0.436 e. The van der Waals surface area contributed by atoms with Crippen molar-refractivity contribution < 1.29 is 9.21 Å². The van der Waals surface area contributed by atoms with Crippen LogP contribution in [0.15, 0.2) is 65.1 Å². The van der Waals surface area contributed by atoms with Crippen LogP contribution in [0, 0.1) is 6.92 Å². The van der Waals surface area contributed by atoms with Gasteiger partial charge in [-0.1, -0.05) is 49.2 Å². The Balaban J connectivity index is 1.53. The molecule has 0 radical (unpaired) electrons. The molecule has 4 aromatic rings. The van der Waals surface area contributed by atoms with Crippen LogP contribution in [0.25, 0.3) is 22.6 Å². The van der Waals surface area contributed by atoms with Crippen molar-refractivity contribution in [2.45, 2.75) is 33.1 Å². The van der Waals surface area contributed by atoms with E-state index in [2.05, 4.69) is 41.6 Å². The van der Waals surface area contributed by atoms with Gasteiger partial charge in [0.15, 0.2) is 10.7 Å². The fraction of sp³-hybridized carbons (Fsp3) is 0.192. The minimum Gasteiger partial charge on any atom is -0.436 e. The first-order valence-electron chi connectivity index (χ1n) is 10.7. The van der Waals surface area contributed by atoms with Crippen LogP contribution in [-0.4, -0.2) is 16.0 Å². The van der Waals surface area contributed by atoms with Crippen LogP contribution >= 0.6 is 23.8 Å². The summed E-state index contributed by atoms with van der Waals surface area (Å²) in [6.07, 6.45) is 1.06. The lowest BCUT2D eigenvalue weighted by Crippen LogP contribution is -2.34. The molecule has 0 aliphatic rings. The van der Waals surface area contributed by atoms with E-state index in [1.165, 1.54) is 5.56 Å². The van der Waals surface area contributed by atoms with Crippen LogP contribution in [0.1, 0.15) is 47.7 Å². The van der Waals surface area contributed by atoms with Gasteiger partial charge in [0.05, 0.1) is 10.7 Å². The van der Waals surface area contributed by atoms with Crippen molar-refractivity contribution in [3.8, 4) is 11.5 Å². The molecule has 4 rings (SSSR count). The average molecular weight is 478 g/mol. The molecule has 0 spiro atoms. The molecule has 0 saturated heterocycles. The number of carbonyl (C=O) groups excluding carboxylic acids is 1. The Bertz CT molecular complexity index is 1330. The van der Waals surface area contributed by atoms with Crippen molar-refractivity contribution >= 4 is 51.6 Å². The normalized spacial score (nSPS) is 11.9. The Labute approximate surface area is 203 Å². The van der Waals surface area contributed by atoms with Gasteiger partial charge in [0.25, 0.3) is 5.91 Å². The van der Waals surface area contributed by atoms with Crippen molar-refractivity contribution in [1.29, 1.82) is 0 Å². The summed E-state index contributed by atoms with van der Waals surface area (Å²) in [5.74, 6) is 0.647. The fourth-order valence-electron chi connectivity index (χ4n) is 3.40. The smallest absolute Gasteiger partial charge is 0.257 e. The van der Waals surface area contributed by atoms with E-state index < -0.39 is 0 Å². The lowest BCUT2D eigenvalue weighted by atomic mass is 9.98. The number of carbonyl (C=O) groups is 1. The monoisotopic (exact) mass is 477 g/mol. The number of nitrogens with one attached hydrogen (secondary N) is 2. The number of amides is 1. The summed E-state index contributed by atoms with van der Waals surface area (Å²) in [7, 11) is 0. The second-order valence-electron chi connectivity index (χ2n) is 8.02. The lowest BCUT2D eigenvalue weighted by molar-refractivity contribution is 0.0977. The summed E-state index contributed by atoms with van der Waals surface area (Å²) in [5, 5.41) is 6.28. The number of fused-ring (bicyclic) bond motifs is 1. The zero-order chi connectivity index (χ0) is 23.5. The van der Waals surface area contributed by atoms with Crippen molar-refractivity contribution in [2.24, 2.45) is 0 Å². The van der Waals surface area contributed by atoms with Crippen LogP contribution in [0.2, 0.25) is 5.02 Å². The molecule has 1 atom stereocenters. The molecule has 1 amide bonds. The third-order valence-corrected chi connectivity index (χ3v) is 6.13. The van der Waals surface area contributed by atoms with Gasteiger partial charge in [-0.3, -0.25) is 10.1 Å². The van der Waals surface area contributed by atoms with Crippen molar-refractivity contribution in [3.63, 3.8) is 0 Å². The van der Waals surface area contributed by atoms with Crippen LogP contribution < -0.4 is 10.6 Å². The molecular weight excluding hydrogens is 454 g/mol. The standard InChI is InChI=1S/C26H24ClN3O2S/c1-4-16(3)18-10-12-23-22(13-18)28-25(32-23)19-9-11-20(27)21(14-19)29-26(33)30-24(31)17-7-5-15(2)6-8-17/h5-14,16H,4H2,1-3H3,(H2,29,30,31,33)/t16-/m1/s1. The van der Waals surface area contributed by atoms with Gasteiger partial charge in [0.1, 0.15) is 5.52 Å². The van der Waals surface area contributed by atoms with Gasteiger partial charge >= 0.3 is 0 Å². The Kier molecular flexibility index (Phi) is 6.77. The lowest BCUT2D eigenvalue weighted by Gasteiger charge is -2.12. The van der Waals surface area contributed by atoms with Crippen LogP contribution in [0.4, 0.5) is 5.69 Å². The van der Waals surface area contributed by atoms with E-state index in [9.17, 15) is 4.79 Å². The average Bonchev–Trinajstić information content (AvgIpc) is 3.23. The number of anilines is 1. The second kappa shape index (κ2) is 9.73. The molecule has 0 bridgehead atoms. The summed E-state index contributed by atoms with van der Waals surface area (Å²) in [4.78, 5) is 17.1. The Morgan fingerprint density at radius 3 is 2.61 bits per heavy atom. The van der Waals surface area contributed by atoms with Gasteiger partial charge in [-0.15, -0.1) is 0 Å². The summed E-state index contributed by atoms with van der Waals surface area (Å²) < 4.78 is 5.97. The maximum atomic E-state index is 12.4. The van der Waals surface area contributed by atoms with Gasteiger partial charge in [0.2, 0.25) is 5.89 Å². The predicted molar refractivity (Wildman–Crippen MR) is 138 cm³/mol. The van der Waals surface area contributed by atoms with Crippen molar-refractivity contribution in [2.75, 3.05) is 5.32 Å². The van der Waals surface area contributed by atoms with Crippen LogP contribution in [0.5, 0.6) is 0 Å². The molecule has 0 saturated carbocycles. The summed E-state index contributed by atoms with van der Waals surface area (Å²) in [6.45, 7) is 6.32. The van der Waals surface area contributed by atoms with E-state index in [1.54, 1.807) is 24.3 Å². The topological polar surface area (TPSA) is 67.2 Å². The number of aryl methyl sites for hydroxylation is 1. The molecule has 3 aromatic carbocycles. The predicted octanol–water partition coefficient (Wildman–Crippen LogP) is 7.10. The molecule has 0 unspecified atom stereocenters. The highest BCUT2D eigenvalue weighted by atomic mass is 35.5. The molecule has 1 aromatic heterocycles. The Hall–Kier alpha value is -3.22. The van der Waals surface area contributed by atoms with E-state index in [1.807, 2.05) is 31.2 Å². The highest BCUT2D eigenvalue weighted by molar-refractivity contribution is 7.80. The molecule has 5 nitrogen and oxygen atoms in total. The van der Waals surface area contributed by atoms with E-state index in [4.69, 9.17) is 28.2 Å². The van der Waals surface area contributed by atoms with Gasteiger partial charge in [-0.25, -0.2) is 4.98 Å². The first kappa shape index (κ1) is 23.0. The van der Waals surface area contributed by atoms with Crippen LogP contribution in [-0.2, 0) is 0 Å². The summed E-state index contributed by atoms with van der Waals surface area (Å²) in [5.41, 5.74) is 5.66. The highest BCUT2D eigenvalue weighted by Crippen LogP contribution is 2.31. The van der Waals surface area contributed by atoms with Crippen LogP contribution in [0.3, 0.4) is 0 Å². The molecule has 33 heavy (non-hydrogen) atoms. The number of oxazole rings is 1. The van der Waals surface area contributed by atoms with E-state index in [0.29, 0.717) is 28.1 Å². The minimum absolute atomic E-state index is 0.149. The van der Waals surface area contributed by atoms with Gasteiger partial charge in [-0.05, 0) is 79.5 Å². The maximum absolute atomic E-state index is 12.4. The minimum atomic E-state index is -0.296. The maximum Gasteiger partial charge on any atom is 0.257 e. The summed E-state index contributed by atoms with van der Waals surface area (Å²) >= 11 is 11.7. The van der Waals surface area contributed by atoms with E-state index in [-0.39, 0.29) is 11.0 Å². The number of rotatable bonds is 5. The zero-order valence-corrected chi connectivity index (χ0v) is 20.2. The number of nitrogens with zero attached hydrogens (tertiary/aromatic N) is 1. The van der Waals surface area contributed by atoms with Gasteiger partial charge < -0.3 is 9.73 Å². The SMILES string of the molecule is CC[C@@H](C)c1ccc2oc(-c3ccc(Cl)c(NC(=S)NC(=O)c4ccc(C)cc4)c3)nc2c1. The molecule has 0 aliphatic carbocycles. The highest BCUT2D eigenvalue weighted by Gasteiger charge is 2.14. The first-order chi connectivity index (χ1) is 15.8. The molecule has 2 N–H and O–H groups in total. The molecule has 1 heterocycles. The van der Waals surface area contributed by atoms with Crippen molar-refractivity contribution in [1.82, 2.24) is 10.3 Å². The quantitative estimate of drug-likeness (QED) is 0.300. The number of hydrogen-bond donors (Lipinski definition) is 2. The number of aromatic nitrogens is 1. The second-order valence-corrected chi connectivity index (χ2v) is 8.84. The molecule has 168 valence electrons. The van der Waals surface area contributed by atoms with Gasteiger partial charge in [0, 0.05) is 11.1 Å². The molecule has 7 heteroatoms. The third-order valence-electron chi connectivity index (χ3n) is 5.60.